The van der Waals surface area contributed by atoms with Crippen LogP contribution in [0, 0.1) is 0 Å². The number of thiol groups is 1. The second-order valence-corrected chi connectivity index (χ2v) is 6.01. The largest absolute Gasteiger partial charge is 0.468 e. The SMILES string of the molecule is COC(=O)[C@H](c1ccccc1Cl)N1CCC/C(=C\C(=O)S)C1. The minimum Gasteiger partial charge on any atom is -0.468 e. The number of nitrogens with zero attached hydrogens (tertiary/aromatic N) is 1. The van der Waals surface area contributed by atoms with Gasteiger partial charge in [0.15, 0.2) is 0 Å². The number of carbonyl (C=O) groups is 2. The summed E-state index contributed by atoms with van der Waals surface area (Å²) in [5.41, 5.74) is 1.68. The van der Waals surface area contributed by atoms with Crippen molar-refractivity contribution in [3.8, 4) is 0 Å². The Labute approximate surface area is 140 Å². The summed E-state index contributed by atoms with van der Waals surface area (Å²) in [4.78, 5) is 25.4. The maximum atomic E-state index is 12.3. The van der Waals surface area contributed by atoms with Crippen LogP contribution in [-0.4, -0.2) is 36.2 Å². The lowest BCUT2D eigenvalue weighted by atomic mass is 9.98. The smallest absolute Gasteiger partial charge is 0.327 e. The van der Waals surface area contributed by atoms with Crippen LogP contribution in [0.5, 0.6) is 0 Å². The van der Waals surface area contributed by atoms with Gasteiger partial charge < -0.3 is 4.74 Å². The maximum Gasteiger partial charge on any atom is 0.327 e. The number of rotatable bonds is 4. The fraction of sp³-hybridized carbons (Fsp3) is 0.375. The molecule has 1 aromatic rings. The molecule has 0 unspecified atom stereocenters. The van der Waals surface area contributed by atoms with Crippen molar-refractivity contribution in [3.63, 3.8) is 0 Å². The number of hydrogen-bond acceptors (Lipinski definition) is 4. The van der Waals surface area contributed by atoms with E-state index < -0.39 is 6.04 Å². The lowest BCUT2D eigenvalue weighted by Gasteiger charge is -2.34. The molecule has 1 atom stereocenters. The monoisotopic (exact) mass is 339 g/mol. The van der Waals surface area contributed by atoms with Gasteiger partial charge in [0.1, 0.15) is 6.04 Å². The van der Waals surface area contributed by atoms with E-state index in [0.717, 1.165) is 30.5 Å². The molecular weight excluding hydrogens is 322 g/mol. The van der Waals surface area contributed by atoms with Gasteiger partial charge >= 0.3 is 5.97 Å². The van der Waals surface area contributed by atoms with Crippen LogP contribution in [0.25, 0.3) is 0 Å². The van der Waals surface area contributed by atoms with Crippen molar-refractivity contribution < 1.29 is 14.3 Å². The van der Waals surface area contributed by atoms with Crippen LogP contribution >= 0.6 is 24.2 Å². The highest BCUT2D eigenvalue weighted by molar-refractivity contribution is 7.97. The molecule has 6 heteroatoms. The topological polar surface area (TPSA) is 46.6 Å². The third-order valence-electron chi connectivity index (χ3n) is 3.67. The van der Waals surface area contributed by atoms with Gasteiger partial charge in [0.05, 0.1) is 7.11 Å². The molecule has 1 aliphatic heterocycles. The molecule has 0 bridgehead atoms. The van der Waals surface area contributed by atoms with Crippen LogP contribution in [0.3, 0.4) is 0 Å². The van der Waals surface area contributed by atoms with Crippen molar-refractivity contribution in [1.82, 2.24) is 4.90 Å². The van der Waals surface area contributed by atoms with E-state index in [1.165, 1.54) is 13.2 Å². The van der Waals surface area contributed by atoms with E-state index in [2.05, 4.69) is 12.6 Å². The van der Waals surface area contributed by atoms with Gasteiger partial charge in [-0.05, 0) is 37.1 Å². The highest BCUT2D eigenvalue weighted by Gasteiger charge is 2.32. The van der Waals surface area contributed by atoms with E-state index in [9.17, 15) is 9.59 Å². The molecule has 0 radical (unpaired) electrons. The zero-order valence-electron chi connectivity index (χ0n) is 12.3. The average Bonchev–Trinajstić information content (AvgIpc) is 2.49. The van der Waals surface area contributed by atoms with E-state index in [1.54, 1.807) is 6.07 Å². The lowest BCUT2D eigenvalue weighted by molar-refractivity contribution is -0.147. The summed E-state index contributed by atoms with van der Waals surface area (Å²) >= 11 is 10.0. The summed E-state index contributed by atoms with van der Waals surface area (Å²) in [7, 11) is 1.37. The second-order valence-electron chi connectivity index (χ2n) is 5.16. The Kier molecular flexibility index (Phi) is 6.06. The van der Waals surface area contributed by atoms with Crippen molar-refractivity contribution in [3.05, 3.63) is 46.5 Å². The highest BCUT2D eigenvalue weighted by atomic mass is 35.5. The fourth-order valence-corrected chi connectivity index (χ4v) is 3.14. The predicted molar refractivity (Wildman–Crippen MR) is 89.1 cm³/mol. The van der Waals surface area contributed by atoms with Crippen molar-refractivity contribution in [1.29, 1.82) is 0 Å². The summed E-state index contributed by atoms with van der Waals surface area (Å²) in [5, 5.41) is 0.253. The first-order valence-corrected chi connectivity index (χ1v) is 7.84. The molecule has 1 aromatic carbocycles. The number of esters is 1. The number of ether oxygens (including phenoxy) is 1. The quantitative estimate of drug-likeness (QED) is 0.520. The van der Waals surface area contributed by atoms with Gasteiger partial charge in [0.2, 0.25) is 5.12 Å². The molecule has 2 rings (SSSR count). The number of benzene rings is 1. The standard InChI is InChI=1S/C16H18ClNO3S/c1-21-16(20)15(12-6-2-3-7-13(12)17)18-8-4-5-11(10-18)9-14(19)22/h2-3,6-7,9,15H,4-5,8,10H2,1H3,(H,19,22)/b11-9+/t15-/m0/s1. The molecule has 4 nitrogen and oxygen atoms in total. The minimum atomic E-state index is -0.572. The molecule has 0 amide bonds. The normalized spacial score (nSPS) is 19.0. The summed E-state index contributed by atoms with van der Waals surface area (Å²) in [6.07, 6.45) is 3.22. The van der Waals surface area contributed by atoms with Crippen LogP contribution in [0.4, 0.5) is 0 Å². The van der Waals surface area contributed by atoms with E-state index in [1.807, 2.05) is 23.1 Å². The van der Waals surface area contributed by atoms with E-state index in [-0.39, 0.29) is 11.1 Å². The number of methoxy groups -OCH3 is 1. The average molecular weight is 340 g/mol. The highest BCUT2D eigenvalue weighted by Crippen LogP contribution is 2.31. The number of hydrogen-bond donors (Lipinski definition) is 1. The Bertz CT molecular complexity index is 603. The molecule has 0 saturated carbocycles. The Morgan fingerprint density at radius 1 is 1.41 bits per heavy atom. The summed E-state index contributed by atoms with van der Waals surface area (Å²) < 4.78 is 4.95. The molecule has 0 spiro atoms. The van der Waals surface area contributed by atoms with Gasteiger partial charge in [0, 0.05) is 11.6 Å². The number of piperidine rings is 1. The third kappa shape index (κ3) is 4.12. The summed E-state index contributed by atoms with van der Waals surface area (Å²) in [5.74, 6) is -0.355. The van der Waals surface area contributed by atoms with Gasteiger partial charge in [-0.25, -0.2) is 4.79 Å². The van der Waals surface area contributed by atoms with Crippen LogP contribution in [0.1, 0.15) is 24.4 Å². The molecule has 0 N–H and O–H groups in total. The first-order valence-electron chi connectivity index (χ1n) is 7.01. The molecule has 1 saturated heterocycles. The van der Waals surface area contributed by atoms with Crippen LogP contribution < -0.4 is 0 Å². The van der Waals surface area contributed by atoms with Gasteiger partial charge in [-0.1, -0.05) is 35.4 Å². The van der Waals surface area contributed by atoms with E-state index >= 15 is 0 Å². The Hall–Kier alpha value is -1.30. The van der Waals surface area contributed by atoms with Gasteiger partial charge in [-0.2, -0.15) is 0 Å². The molecule has 1 aliphatic rings. The second kappa shape index (κ2) is 7.81. The predicted octanol–water partition coefficient (Wildman–Crippen LogP) is 3.03. The minimum absolute atomic E-state index is 0.274. The Balaban J connectivity index is 2.32. The van der Waals surface area contributed by atoms with Crippen LogP contribution in [0.15, 0.2) is 35.9 Å². The fourth-order valence-electron chi connectivity index (χ4n) is 2.72. The molecule has 0 aliphatic carbocycles. The molecule has 1 heterocycles. The summed E-state index contributed by atoms with van der Waals surface area (Å²) in [6.45, 7) is 1.26. The Morgan fingerprint density at radius 3 is 2.77 bits per heavy atom. The van der Waals surface area contributed by atoms with Crippen LogP contribution in [0.2, 0.25) is 5.02 Å². The molecule has 118 valence electrons. The third-order valence-corrected chi connectivity index (χ3v) is 4.14. The zero-order valence-corrected chi connectivity index (χ0v) is 13.9. The number of carbonyl (C=O) groups excluding carboxylic acids is 2. The molecular formula is C16H18ClNO3S. The summed E-state index contributed by atoms with van der Waals surface area (Å²) in [6, 6.07) is 6.67. The molecule has 22 heavy (non-hydrogen) atoms. The molecule has 0 aromatic heterocycles. The van der Waals surface area contributed by atoms with E-state index in [4.69, 9.17) is 16.3 Å². The van der Waals surface area contributed by atoms with Crippen molar-refractivity contribution in [2.24, 2.45) is 0 Å². The number of likely N-dealkylation sites (tertiary alicyclic amines) is 1. The van der Waals surface area contributed by atoms with Gasteiger partial charge in [-0.3, -0.25) is 9.69 Å². The van der Waals surface area contributed by atoms with E-state index in [0.29, 0.717) is 11.6 Å². The van der Waals surface area contributed by atoms with Crippen molar-refractivity contribution >= 4 is 35.3 Å². The zero-order chi connectivity index (χ0) is 16.1. The number of halogens is 1. The molecule has 1 fully saturated rings. The van der Waals surface area contributed by atoms with Gasteiger partial charge in [-0.15, -0.1) is 12.6 Å². The van der Waals surface area contributed by atoms with Crippen molar-refractivity contribution in [2.45, 2.75) is 18.9 Å². The van der Waals surface area contributed by atoms with Crippen LogP contribution in [-0.2, 0) is 14.3 Å². The van der Waals surface area contributed by atoms with Gasteiger partial charge in [0.25, 0.3) is 0 Å². The first kappa shape index (κ1) is 17.1. The Morgan fingerprint density at radius 2 is 2.14 bits per heavy atom. The first-order chi connectivity index (χ1) is 10.5. The maximum absolute atomic E-state index is 12.3. The van der Waals surface area contributed by atoms with Crippen molar-refractivity contribution in [2.75, 3.05) is 20.2 Å². The lowest BCUT2D eigenvalue weighted by Crippen LogP contribution is -2.39.